The Labute approximate surface area is 135 Å². The zero-order valence-corrected chi connectivity index (χ0v) is 13.1. The van der Waals surface area contributed by atoms with Gasteiger partial charge >= 0.3 is 6.03 Å². The van der Waals surface area contributed by atoms with Crippen molar-refractivity contribution in [3.05, 3.63) is 34.9 Å². The Morgan fingerprint density at radius 3 is 2.57 bits per heavy atom. The number of carbonyl (C=O) groups excluding carboxylic acids is 3. The van der Waals surface area contributed by atoms with Crippen LogP contribution in [0.3, 0.4) is 0 Å². The van der Waals surface area contributed by atoms with Gasteiger partial charge in [-0.25, -0.2) is 4.79 Å². The second-order valence-corrected chi connectivity index (χ2v) is 6.74. The first-order valence-corrected chi connectivity index (χ1v) is 8.39. The summed E-state index contributed by atoms with van der Waals surface area (Å²) in [7, 11) is 0. The third kappa shape index (κ3) is 2.64. The molecule has 3 aliphatic rings. The highest BCUT2D eigenvalue weighted by atomic mass is 16.2. The van der Waals surface area contributed by atoms with Gasteiger partial charge in [0.1, 0.15) is 6.54 Å². The lowest BCUT2D eigenvalue weighted by molar-refractivity contribution is -0.125. The number of hydrogen-bond acceptors (Lipinski definition) is 3. The van der Waals surface area contributed by atoms with Gasteiger partial charge in [-0.15, -0.1) is 0 Å². The number of ketones is 1. The van der Waals surface area contributed by atoms with Gasteiger partial charge in [-0.3, -0.25) is 14.5 Å². The maximum absolute atomic E-state index is 12.5. The predicted molar refractivity (Wildman–Crippen MR) is 84.3 cm³/mol. The van der Waals surface area contributed by atoms with Crippen molar-refractivity contribution in [1.82, 2.24) is 9.80 Å². The van der Waals surface area contributed by atoms with Crippen LogP contribution in [0.1, 0.15) is 47.2 Å². The lowest BCUT2D eigenvalue weighted by atomic mass is 9.90. The lowest BCUT2D eigenvalue weighted by Gasteiger charge is -2.18. The summed E-state index contributed by atoms with van der Waals surface area (Å²) < 4.78 is 0. The van der Waals surface area contributed by atoms with E-state index in [9.17, 15) is 14.4 Å². The van der Waals surface area contributed by atoms with Crippen molar-refractivity contribution in [3.8, 4) is 0 Å². The topological polar surface area (TPSA) is 57.7 Å². The van der Waals surface area contributed by atoms with Crippen molar-refractivity contribution in [2.75, 3.05) is 13.1 Å². The van der Waals surface area contributed by atoms with Gasteiger partial charge in [-0.05, 0) is 55.7 Å². The molecule has 1 aromatic carbocycles. The minimum Gasteiger partial charge on any atom is -0.312 e. The van der Waals surface area contributed by atoms with Gasteiger partial charge in [-0.2, -0.15) is 0 Å². The molecule has 120 valence electrons. The van der Waals surface area contributed by atoms with Crippen LogP contribution in [0.15, 0.2) is 18.2 Å². The zero-order valence-electron chi connectivity index (χ0n) is 13.1. The number of benzene rings is 1. The van der Waals surface area contributed by atoms with Crippen LogP contribution in [-0.2, 0) is 17.6 Å². The number of nitrogens with zero attached hydrogens (tertiary/aromatic N) is 2. The van der Waals surface area contributed by atoms with Gasteiger partial charge in [0.2, 0.25) is 0 Å². The average molecular weight is 312 g/mol. The second kappa shape index (κ2) is 5.48. The molecular formula is C18H20N2O3. The molecule has 1 saturated heterocycles. The number of urea groups is 1. The zero-order chi connectivity index (χ0) is 16.0. The molecule has 0 unspecified atom stereocenters. The number of imide groups is 1. The summed E-state index contributed by atoms with van der Waals surface area (Å²) in [6.07, 6.45) is 6.37. The van der Waals surface area contributed by atoms with Crippen molar-refractivity contribution < 1.29 is 14.4 Å². The summed E-state index contributed by atoms with van der Waals surface area (Å²) in [5, 5.41) is 0. The molecule has 0 bridgehead atoms. The Balaban J connectivity index is 1.49. The molecular weight excluding hydrogens is 292 g/mol. The highest BCUT2D eigenvalue weighted by Crippen LogP contribution is 2.30. The fourth-order valence-electron chi connectivity index (χ4n) is 3.53. The molecule has 2 fully saturated rings. The molecule has 5 heteroatoms. The third-order valence-corrected chi connectivity index (χ3v) is 5.04. The van der Waals surface area contributed by atoms with Crippen molar-refractivity contribution in [2.45, 2.75) is 44.6 Å². The van der Waals surface area contributed by atoms with Crippen LogP contribution in [-0.4, -0.2) is 46.7 Å². The van der Waals surface area contributed by atoms with E-state index in [0.29, 0.717) is 5.56 Å². The smallest absolute Gasteiger partial charge is 0.312 e. The van der Waals surface area contributed by atoms with Crippen molar-refractivity contribution >= 4 is 17.7 Å². The Bertz CT molecular complexity index is 694. The number of rotatable bonds is 4. The van der Waals surface area contributed by atoms with E-state index in [2.05, 4.69) is 0 Å². The Kier molecular flexibility index (Phi) is 3.43. The van der Waals surface area contributed by atoms with E-state index in [0.717, 1.165) is 37.0 Å². The first-order valence-electron chi connectivity index (χ1n) is 8.39. The highest BCUT2D eigenvalue weighted by molar-refractivity contribution is 6.08. The van der Waals surface area contributed by atoms with Crippen LogP contribution >= 0.6 is 0 Å². The molecule has 0 aromatic heterocycles. The quantitative estimate of drug-likeness (QED) is 0.632. The Hall–Kier alpha value is -2.17. The predicted octanol–water partition coefficient (Wildman–Crippen LogP) is 2.17. The number of hydrogen-bond donors (Lipinski definition) is 0. The third-order valence-electron chi connectivity index (χ3n) is 5.04. The largest absolute Gasteiger partial charge is 0.327 e. The van der Waals surface area contributed by atoms with E-state index in [1.807, 2.05) is 18.2 Å². The maximum atomic E-state index is 12.5. The van der Waals surface area contributed by atoms with Gasteiger partial charge < -0.3 is 4.90 Å². The van der Waals surface area contributed by atoms with Gasteiger partial charge in [0.05, 0.1) is 6.54 Å². The number of fused-ring (bicyclic) bond motifs is 1. The van der Waals surface area contributed by atoms with Crippen LogP contribution in [0, 0.1) is 0 Å². The minimum absolute atomic E-state index is 0.126. The minimum atomic E-state index is -0.302. The summed E-state index contributed by atoms with van der Waals surface area (Å²) in [4.78, 5) is 39.5. The molecule has 1 aliphatic heterocycles. The van der Waals surface area contributed by atoms with Crippen LogP contribution in [0.4, 0.5) is 4.79 Å². The lowest BCUT2D eigenvalue weighted by Crippen LogP contribution is -2.37. The molecule has 0 N–H and O–H groups in total. The monoisotopic (exact) mass is 312 g/mol. The van der Waals surface area contributed by atoms with E-state index >= 15 is 0 Å². The van der Waals surface area contributed by atoms with Crippen LogP contribution < -0.4 is 0 Å². The standard InChI is InChI=1S/C18H20N2O3/c21-16(14-6-5-12-3-1-2-4-13(12)9-14)10-20-17(22)11-19(18(20)23)15-7-8-15/h5-6,9,15H,1-4,7-8,10-11H2. The number of Topliss-reactive ketones (excluding diaryl/α,β-unsaturated/α-hetero) is 1. The first kappa shape index (κ1) is 14.4. The second-order valence-electron chi connectivity index (χ2n) is 6.74. The summed E-state index contributed by atoms with van der Waals surface area (Å²) in [6.45, 7) is -0.0133. The molecule has 0 atom stereocenters. The van der Waals surface area contributed by atoms with Crippen molar-refractivity contribution in [1.29, 1.82) is 0 Å². The summed E-state index contributed by atoms with van der Waals surface area (Å²) in [5.74, 6) is -0.411. The highest BCUT2D eigenvalue weighted by Gasteiger charge is 2.44. The molecule has 3 amide bonds. The molecule has 4 rings (SSSR count). The molecule has 2 aliphatic carbocycles. The number of carbonyl (C=O) groups is 3. The Morgan fingerprint density at radius 2 is 1.83 bits per heavy atom. The molecule has 23 heavy (non-hydrogen) atoms. The van der Waals surface area contributed by atoms with Gasteiger partial charge in [-0.1, -0.05) is 12.1 Å². The molecule has 0 radical (unpaired) electrons. The number of aryl methyl sites for hydroxylation is 2. The summed E-state index contributed by atoms with van der Waals surface area (Å²) in [5.41, 5.74) is 3.16. The summed E-state index contributed by atoms with van der Waals surface area (Å²) in [6, 6.07) is 5.70. The van der Waals surface area contributed by atoms with Crippen LogP contribution in [0.2, 0.25) is 0 Å². The van der Waals surface area contributed by atoms with Gasteiger partial charge in [0.25, 0.3) is 5.91 Å². The fourth-order valence-corrected chi connectivity index (χ4v) is 3.53. The van der Waals surface area contributed by atoms with E-state index in [4.69, 9.17) is 0 Å². The molecule has 0 spiro atoms. The average Bonchev–Trinajstić information content (AvgIpc) is 3.37. The van der Waals surface area contributed by atoms with Crippen molar-refractivity contribution in [2.24, 2.45) is 0 Å². The van der Waals surface area contributed by atoms with E-state index in [1.54, 1.807) is 4.90 Å². The summed E-state index contributed by atoms with van der Waals surface area (Å²) >= 11 is 0. The molecule has 5 nitrogen and oxygen atoms in total. The SMILES string of the molecule is O=C(CN1C(=O)CN(C2CC2)C1=O)c1ccc2c(c1)CCCC2. The molecule has 1 heterocycles. The van der Waals surface area contributed by atoms with Gasteiger partial charge in [0, 0.05) is 11.6 Å². The first-order chi connectivity index (χ1) is 11.1. The van der Waals surface area contributed by atoms with Crippen LogP contribution in [0.25, 0.3) is 0 Å². The van der Waals surface area contributed by atoms with E-state index < -0.39 is 0 Å². The van der Waals surface area contributed by atoms with Gasteiger partial charge in [0.15, 0.2) is 5.78 Å². The molecule has 1 saturated carbocycles. The maximum Gasteiger partial charge on any atom is 0.327 e. The molecule has 1 aromatic rings. The Morgan fingerprint density at radius 1 is 1.09 bits per heavy atom. The van der Waals surface area contributed by atoms with E-state index in [-0.39, 0.29) is 36.9 Å². The van der Waals surface area contributed by atoms with Crippen LogP contribution in [0.5, 0.6) is 0 Å². The fraction of sp³-hybridized carbons (Fsp3) is 0.500. The normalized spacial score (nSPS) is 20.9. The number of amides is 3. The van der Waals surface area contributed by atoms with E-state index in [1.165, 1.54) is 17.5 Å². The van der Waals surface area contributed by atoms with Crippen molar-refractivity contribution in [3.63, 3.8) is 0 Å².